The second kappa shape index (κ2) is 10.3. The average Bonchev–Trinajstić information content (AvgIpc) is 3.63. The van der Waals surface area contributed by atoms with Crippen LogP contribution in [0.2, 0.25) is 0 Å². The monoisotopic (exact) mass is 497 g/mol. The van der Waals surface area contributed by atoms with Crippen LogP contribution in [-0.2, 0) is 14.3 Å². The Balaban J connectivity index is 1.39. The molecule has 0 unspecified atom stereocenters. The fourth-order valence-corrected chi connectivity index (χ4v) is 3.86. The normalized spacial score (nSPS) is 21.8. The van der Waals surface area contributed by atoms with E-state index in [4.69, 9.17) is 24.3 Å². The van der Waals surface area contributed by atoms with Gasteiger partial charge in [0.05, 0.1) is 42.3 Å². The van der Waals surface area contributed by atoms with Gasteiger partial charge < -0.3 is 29.6 Å². The van der Waals surface area contributed by atoms with Gasteiger partial charge in [-0.25, -0.2) is 14.4 Å². The van der Waals surface area contributed by atoms with Gasteiger partial charge in [-0.2, -0.15) is 4.98 Å². The van der Waals surface area contributed by atoms with Crippen molar-refractivity contribution < 1.29 is 28.5 Å². The molecule has 5 rings (SSSR count). The van der Waals surface area contributed by atoms with Gasteiger partial charge in [0.2, 0.25) is 12.2 Å². The third-order valence-corrected chi connectivity index (χ3v) is 6.18. The van der Waals surface area contributed by atoms with Crippen molar-refractivity contribution in [3.05, 3.63) is 48.2 Å². The highest BCUT2D eigenvalue weighted by molar-refractivity contribution is 5.82. The van der Waals surface area contributed by atoms with Crippen molar-refractivity contribution in [1.82, 2.24) is 25.3 Å². The molecular weight excluding hydrogens is 469 g/mol. The summed E-state index contributed by atoms with van der Waals surface area (Å²) in [6, 6.07) is 7.71. The number of aliphatic hydroxyl groups excluding tert-OH is 1. The van der Waals surface area contributed by atoms with Crippen molar-refractivity contribution in [2.75, 3.05) is 33.0 Å². The number of benzene rings is 1. The Morgan fingerprint density at radius 3 is 2.67 bits per heavy atom. The molecule has 1 amide bonds. The molecule has 0 spiro atoms. The van der Waals surface area contributed by atoms with Crippen LogP contribution < -0.4 is 10.1 Å². The Morgan fingerprint density at radius 2 is 1.97 bits per heavy atom. The number of amides is 1. The first-order valence-electron chi connectivity index (χ1n) is 11.9. The lowest BCUT2D eigenvalue weighted by Crippen LogP contribution is -2.49. The molecule has 1 aromatic carbocycles. The maximum atomic E-state index is 13.6. The number of hydrogen-bond donors (Lipinski definition) is 3. The number of ether oxygens (including phenoxy) is 3. The van der Waals surface area contributed by atoms with Crippen molar-refractivity contribution >= 4 is 5.91 Å². The summed E-state index contributed by atoms with van der Waals surface area (Å²) in [5, 5.41) is 12.0. The summed E-state index contributed by atoms with van der Waals surface area (Å²) in [7, 11) is 0. The van der Waals surface area contributed by atoms with E-state index in [1.54, 1.807) is 18.2 Å². The molecule has 1 saturated carbocycles. The van der Waals surface area contributed by atoms with Gasteiger partial charge in [-0.3, -0.25) is 4.79 Å². The second-order valence-corrected chi connectivity index (χ2v) is 9.32. The number of nitrogens with zero attached hydrogens (tertiary/aromatic N) is 3. The molecule has 10 nitrogen and oxygen atoms in total. The molecule has 0 atom stereocenters. The van der Waals surface area contributed by atoms with Crippen molar-refractivity contribution in [2.24, 2.45) is 11.3 Å². The molecule has 0 radical (unpaired) electrons. The lowest BCUT2D eigenvalue weighted by Gasteiger charge is -2.35. The summed E-state index contributed by atoms with van der Waals surface area (Å²) in [5.41, 5.74) is 1.39. The molecule has 0 bridgehead atoms. The van der Waals surface area contributed by atoms with E-state index < -0.39 is 11.7 Å². The molecule has 1 saturated heterocycles. The quantitative estimate of drug-likeness (QED) is 0.411. The first-order chi connectivity index (χ1) is 17.4. The standard InChI is InChI=1S/C25H28FN5O5/c1-25(23(33)28-12-15-2-3-15)13-35-22(36-14-25)21-30-19(16-4-6-17(26)7-5-16)20(31-21)18-8-9-27-24(29-18)34-11-10-32/h4-9,15,22,32H,2-3,10-14H2,1H3,(H,28,33)(H,30,31). The molecule has 3 N–H and O–H groups in total. The summed E-state index contributed by atoms with van der Waals surface area (Å²) >= 11 is 0. The largest absolute Gasteiger partial charge is 0.461 e. The van der Waals surface area contributed by atoms with Crippen LogP contribution in [0, 0.1) is 17.2 Å². The zero-order chi connectivity index (χ0) is 25.1. The number of H-pyrrole nitrogens is 1. The molecule has 36 heavy (non-hydrogen) atoms. The van der Waals surface area contributed by atoms with Crippen LogP contribution in [0.25, 0.3) is 22.6 Å². The second-order valence-electron chi connectivity index (χ2n) is 9.32. The van der Waals surface area contributed by atoms with E-state index in [1.807, 2.05) is 6.92 Å². The minimum absolute atomic E-state index is 0.0548. The molecule has 1 aliphatic carbocycles. The van der Waals surface area contributed by atoms with Crippen molar-refractivity contribution in [2.45, 2.75) is 26.1 Å². The number of carbonyl (C=O) groups excluding carboxylic acids is 1. The Morgan fingerprint density at radius 1 is 1.22 bits per heavy atom. The molecule has 2 aliphatic rings. The van der Waals surface area contributed by atoms with Crippen LogP contribution in [-0.4, -0.2) is 63.9 Å². The highest BCUT2D eigenvalue weighted by Crippen LogP contribution is 2.36. The maximum absolute atomic E-state index is 13.6. The number of rotatable bonds is 9. The summed E-state index contributed by atoms with van der Waals surface area (Å²) < 4.78 is 30.8. The van der Waals surface area contributed by atoms with Gasteiger partial charge in [-0.15, -0.1) is 0 Å². The predicted molar refractivity (Wildman–Crippen MR) is 126 cm³/mol. The van der Waals surface area contributed by atoms with E-state index in [-0.39, 0.29) is 44.2 Å². The Kier molecular flexibility index (Phi) is 6.95. The van der Waals surface area contributed by atoms with Gasteiger partial charge in [0.1, 0.15) is 12.4 Å². The summed E-state index contributed by atoms with van der Waals surface area (Å²) in [6.45, 7) is 2.72. The Hall–Kier alpha value is -3.41. The third kappa shape index (κ3) is 5.38. The fourth-order valence-electron chi connectivity index (χ4n) is 3.86. The third-order valence-electron chi connectivity index (χ3n) is 6.18. The first-order valence-corrected chi connectivity index (χ1v) is 11.9. The molecule has 11 heteroatoms. The number of nitrogens with one attached hydrogen (secondary N) is 2. The highest BCUT2D eigenvalue weighted by atomic mass is 19.1. The lowest BCUT2D eigenvalue weighted by atomic mass is 9.91. The molecule has 2 fully saturated rings. The van der Waals surface area contributed by atoms with E-state index in [1.165, 1.54) is 18.3 Å². The number of aromatic nitrogens is 4. The molecule has 3 heterocycles. The smallest absolute Gasteiger partial charge is 0.317 e. The van der Waals surface area contributed by atoms with Gasteiger partial charge in [0.25, 0.3) is 0 Å². The minimum atomic E-state index is -0.825. The van der Waals surface area contributed by atoms with Crippen molar-refractivity contribution in [1.29, 1.82) is 0 Å². The number of halogens is 1. The van der Waals surface area contributed by atoms with Gasteiger partial charge in [0.15, 0.2) is 5.82 Å². The van der Waals surface area contributed by atoms with E-state index in [9.17, 15) is 9.18 Å². The summed E-state index contributed by atoms with van der Waals surface area (Å²) in [4.78, 5) is 29.1. The van der Waals surface area contributed by atoms with Gasteiger partial charge in [0, 0.05) is 18.3 Å². The molecule has 3 aromatic rings. The summed E-state index contributed by atoms with van der Waals surface area (Å²) in [5.74, 6) is 0.520. The van der Waals surface area contributed by atoms with E-state index in [0.29, 0.717) is 40.9 Å². The van der Waals surface area contributed by atoms with Crippen LogP contribution in [0.5, 0.6) is 6.01 Å². The number of aromatic amines is 1. The maximum Gasteiger partial charge on any atom is 0.317 e. The summed E-state index contributed by atoms with van der Waals surface area (Å²) in [6.07, 6.45) is 3.02. The van der Waals surface area contributed by atoms with Crippen LogP contribution in [0.4, 0.5) is 4.39 Å². The van der Waals surface area contributed by atoms with Gasteiger partial charge in [-0.1, -0.05) is 0 Å². The molecule has 1 aliphatic heterocycles. The van der Waals surface area contributed by atoms with E-state index >= 15 is 0 Å². The van der Waals surface area contributed by atoms with Crippen LogP contribution >= 0.6 is 0 Å². The lowest BCUT2D eigenvalue weighted by molar-refractivity contribution is -0.231. The van der Waals surface area contributed by atoms with Crippen LogP contribution in [0.1, 0.15) is 31.9 Å². The Bertz CT molecular complexity index is 1210. The van der Waals surface area contributed by atoms with Crippen LogP contribution in [0.3, 0.4) is 0 Å². The van der Waals surface area contributed by atoms with Crippen molar-refractivity contribution in [3.8, 4) is 28.7 Å². The zero-order valence-corrected chi connectivity index (χ0v) is 19.9. The first kappa shape index (κ1) is 24.3. The average molecular weight is 498 g/mol. The van der Waals surface area contributed by atoms with E-state index in [0.717, 1.165) is 12.8 Å². The van der Waals surface area contributed by atoms with Crippen LogP contribution in [0.15, 0.2) is 36.5 Å². The van der Waals surface area contributed by atoms with Gasteiger partial charge in [-0.05, 0) is 56.0 Å². The SMILES string of the molecule is CC1(C(=O)NCC2CC2)COC(c2nc(-c3ccc(F)cc3)c(-c3ccnc(OCCO)n3)[nH]2)OC1. The number of hydrogen-bond acceptors (Lipinski definition) is 8. The fraction of sp³-hybridized carbons (Fsp3) is 0.440. The van der Waals surface area contributed by atoms with E-state index in [2.05, 4.69) is 20.3 Å². The molecular formula is C25H28FN5O5. The van der Waals surface area contributed by atoms with Crippen molar-refractivity contribution in [3.63, 3.8) is 0 Å². The Labute approximate surface area is 207 Å². The zero-order valence-electron chi connectivity index (χ0n) is 19.9. The number of aliphatic hydroxyl groups is 1. The number of imidazole rings is 1. The highest BCUT2D eigenvalue weighted by Gasteiger charge is 2.41. The predicted octanol–water partition coefficient (Wildman–Crippen LogP) is 2.62. The topological polar surface area (TPSA) is 131 Å². The minimum Gasteiger partial charge on any atom is -0.461 e. The van der Waals surface area contributed by atoms with Gasteiger partial charge >= 0.3 is 6.01 Å². The number of carbonyl (C=O) groups is 1. The molecule has 2 aromatic heterocycles. The molecule has 190 valence electrons.